The van der Waals surface area contributed by atoms with Gasteiger partial charge in [-0.05, 0) is 11.4 Å². The van der Waals surface area contributed by atoms with Crippen LogP contribution in [0.5, 0.6) is 0 Å². The SMILES string of the molecule is OCCNc1nc(NCc2cccs2)cc(C(F)(F)F)n1. The van der Waals surface area contributed by atoms with Crippen LogP contribution in [0.1, 0.15) is 10.6 Å². The molecule has 5 nitrogen and oxygen atoms in total. The fourth-order valence-electron chi connectivity index (χ4n) is 1.52. The fourth-order valence-corrected chi connectivity index (χ4v) is 2.17. The van der Waals surface area contributed by atoms with Crippen LogP contribution in [0, 0.1) is 0 Å². The number of aliphatic hydroxyl groups excluding tert-OH is 1. The van der Waals surface area contributed by atoms with Gasteiger partial charge in [0.25, 0.3) is 0 Å². The first-order valence-corrected chi connectivity index (χ1v) is 6.94. The van der Waals surface area contributed by atoms with Gasteiger partial charge in [-0.2, -0.15) is 18.2 Å². The van der Waals surface area contributed by atoms with E-state index in [-0.39, 0.29) is 24.9 Å². The first-order valence-electron chi connectivity index (χ1n) is 6.06. The third kappa shape index (κ3) is 4.57. The van der Waals surface area contributed by atoms with E-state index >= 15 is 0 Å². The minimum Gasteiger partial charge on any atom is -0.395 e. The van der Waals surface area contributed by atoms with E-state index in [1.165, 1.54) is 11.3 Å². The Balaban J connectivity index is 2.17. The molecule has 0 unspecified atom stereocenters. The van der Waals surface area contributed by atoms with Crippen molar-refractivity contribution in [1.29, 1.82) is 0 Å². The zero-order valence-corrected chi connectivity index (χ0v) is 11.6. The lowest BCUT2D eigenvalue weighted by Crippen LogP contribution is -2.15. The van der Waals surface area contributed by atoms with Crippen molar-refractivity contribution in [3.63, 3.8) is 0 Å². The van der Waals surface area contributed by atoms with Gasteiger partial charge in [-0.15, -0.1) is 11.3 Å². The largest absolute Gasteiger partial charge is 0.433 e. The van der Waals surface area contributed by atoms with Gasteiger partial charge in [-0.1, -0.05) is 6.07 Å². The van der Waals surface area contributed by atoms with Crippen LogP contribution in [0.2, 0.25) is 0 Å². The maximum Gasteiger partial charge on any atom is 0.433 e. The van der Waals surface area contributed by atoms with Gasteiger partial charge >= 0.3 is 6.18 Å². The van der Waals surface area contributed by atoms with Crippen molar-refractivity contribution in [2.24, 2.45) is 0 Å². The summed E-state index contributed by atoms with van der Waals surface area (Å²) in [6.45, 7) is 0.231. The molecule has 0 aliphatic heterocycles. The molecule has 0 aliphatic rings. The van der Waals surface area contributed by atoms with Crippen LogP contribution in [-0.4, -0.2) is 28.2 Å². The molecule has 2 aromatic heterocycles. The summed E-state index contributed by atoms with van der Waals surface area (Å²) in [5.74, 6) is -0.0984. The van der Waals surface area contributed by atoms with Crippen LogP contribution in [0.3, 0.4) is 0 Å². The molecule has 0 radical (unpaired) electrons. The van der Waals surface area contributed by atoms with Crippen molar-refractivity contribution in [1.82, 2.24) is 9.97 Å². The standard InChI is InChI=1S/C12H13F3N4OS/c13-12(14,15)9-6-10(17-7-8-2-1-5-21-8)19-11(18-9)16-3-4-20/h1-2,5-6,20H,3-4,7H2,(H2,16,17,18,19). The highest BCUT2D eigenvalue weighted by molar-refractivity contribution is 7.09. The Bertz CT molecular complexity index is 574. The van der Waals surface area contributed by atoms with Crippen molar-refractivity contribution in [3.8, 4) is 0 Å². The van der Waals surface area contributed by atoms with E-state index in [0.717, 1.165) is 10.9 Å². The van der Waals surface area contributed by atoms with E-state index in [0.29, 0.717) is 6.54 Å². The molecular formula is C12H13F3N4OS. The average Bonchev–Trinajstić information content (AvgIpc) is 2.95. The highest BCUT2D eigenvalue weighted by Gasteiger charge is 2.33. The van der Waals surface area contributed by atoms with Crippen molar-refractivity contribution < 1.29 is 18.3 Å². The molecule has 0 aromatic carbocycles. The Labute approximate surface area is 122 Å². The molecule has 2 rings (SSSR count). The Morgan fingerprint density at radius 2 is 2.05 bits per heavy atom. The second kappa shape index (κ2) is 6.72. The number of rotatable bonds is 6. The number of halogens is 3. The third-order valence-corrected chi connectivity index (χ3v) is 3.31. The molecule has 0 saturated carbocycles. The van der Waals surface area contributed by atoms with E-state index in [9.17, 15) is 13.2 Å². The summed E-state index contributed by atoms with van der Waals surface area (Å²) in [5.41, 5.74) is -1.04. The molecule has 0 fully saturated rings. The highest BCUT2D eigenvalue weighted by Crippen LogP contribution is 2.29. The second-order valence-corrected chi connectivity index (χ2v) is 5.08. The van der Waals surface area contributed by atoms with E-state index in [1.54, 1.807) is 0 Å². The summed E-state index contributed by atoms with van der Waals surface area (Å²) in [4.78, 5) is 8.31. The predicted molar refractivity (Wildman–Crippen MR) is 74.3 cm³/mol. The Hall–Kier alpha value is -1.87. The number of nitrogens with one attached hydrogen (secondary N) is 2. The smallest absolute Gasteiger partial charge is 0.395 e. The molecule has 114 valence electrons. The van der Waals surface area contributed by atoms with Gasteiger partial charge in [0.1, 0.15) is 5.82 Å². The molecule has 2 aromatic rings. The molecule has 3 N–H and O–H groups in total. The van der Waals surface area contributed by atoms with Crippen LogP contribution < -0.4 is 10.6 Å². The van der Waals surface area contributed by atoms with E-state index in [1.807, 2.05) is 17.5 Å². The van der Waals surface area contributed by atoms with Gasteiger partial charge in [-0.25, -0.2) is 4.98 Å². The van der Waals surface area contributed by atoms with Crippen LogP contribution in [-0.2, 0) is 12.7 Å². The number of aliphatic hydroxyl groups is 1. The molecule has 0 amide bonds. The topological polar surface area (TPSA) is 70.1 Å². The highest BCUT2D eigenvalue weighted by atomic mass is 32.1. The van der Waals surface area contributed by atoms with Crippen molar-refractivity contribution in [3.05, 3.63) is 34.2 Å². The van der Waals surface area contributed by atoms with Gasteiger partial charge in [0.05, 0.1) is 13.2 Å². The number of hydrogen-bond donors (Lipinski definition) is 3. The summed E-state index contributed by atoms with van der Waals surface area (Å²) in [6, 6.07) is 4.59. The lowest BCUT2D eigenvalue weighted by molar-refractivity contribution is -0.141. The molecule has 0 spiro atoms. The minimum atomic E-state index is -4.56. The van der Waals surface area contributed by atoms with Crippen LogP contribution in [0.4, 0.5) is 24.9 Å². The Morgan fingerprint density at radius 1 is 1.24 bits per heavy atom. The molecule has 2 heterocycles. The second-order valence-electron chi connectivity index (χ2n) is 4.04. The Kier molecular flexibility index (Phi) is 4.97. The predicted octanol–water partition coefficient (Wildman–Crippen LogP) is 2.57. The summed E-state index contributed by atoms with van der Waals surface area (Å²) in [6.07, 6.45) is -4.56. The zero-order valence-electron chi connectivity index (χ0n) is 10.8. The molecule has 0 saturated heterocycles. The van der Waals surface area contributed by atoms with Crippen molar-refractivity contribution >= 4 is 23.1 Å². The number of aromatic nitrogens is 2. The van der Waals surface area contributed by atoms with Crippen LogP contribution in [0.25, 0.3) is 0 Å². The van der Waals surface area contributed by atoms with Gasteiger partial charge in [0.2, 0.25) is 5.95 Å². The van der Waals surface area contributed by atoms with E-state index < -0.39 is 11.9 Å². The number of anilines is 2. The van der Waals surface area contributed by atoms with E-state index in [4.69, 9.17) is 5.11 Å². The Morgan fingerprint density at radius 3 is 2.67 bits per heavy atom. The van der Waals surface area contributed by atoms with Gasteiger partial charge < -0.3 is 15.7 Å². The van der Waals surface area contributed by atoms with E-state index in [2.05, 4.69) is 20.6 Å². The quantitative estimate of drug-likeness (QED) is 0.764. The third-order valence-electron chi connectivity index (χ3n) is 2.44. The lowest BCUT2D eigenvalue weighted by atomic mass is 10.3. The van der Waals surface area contributed by atoms with Crippen LogP contribution in [0.15, 0.2) is 23.6 Å². The number of nitrogens with zero attached hydrogens (tertiary/aromatic N) is 2. The molecular weight excluding hydrogens is 305 g/mol. The zero-order chi connectivity index (χ0) is 15.3. The maximum atomic E-state index is 12.8. The summed E-state index contributed by atoms with van der Waals surface area (Å²) in [7, 11) is 0. The molecule has 9 heteroatoms. The van der Waals surface area contributed by atoms with Gasteiger partial charge in [-0.3, -0.25) is 0 Å². The summed E-state index contributed by atoms with van der Waals surface area (Å²) < 4.78 is 38.4. The fraction of sp³-hybridized carbons (Fsp3) is 0.333. The normalized spacial score (nSPS) is 11.4. The molecule has 0 bridgehead atoms. The minimum absolute atomic E-state index is 0.0751. The molecule has 0 aliphatic carbocycles. The molecule has 0 atom stereocenters. The van der Waals surface area contributed by atoms with Crippen LogP contribution >= 0.6 is 11.3 Å². The maximum absolute atomic E-state index is 12.8. The van der Waals surface area contributed by atoms with Gasteiger partial charge in [0.15, 0.2) is 5.69 Å². The monoisotopic (exact) mass is 318 g/mol. The summed E-state index contributed by atoms with van der Waals surface area (Å²) in [5, 5.41) is 15.9. The molecule has 21 heavy (non-hydrogen) atoms. The van der Waals surface area contributed by atoms with Crippen molar-refractivity contribution in [2.75, 3.05) is 23.8 Å². The van der Waals surface area contributed by atoms with Gasteiger partial charge in [0, 0.05) is 17.5 Å². The first-order chi connectivity index (χ1) is 9.99. The first kappa shape index (κ1) is 15.5. The number of thiophene rings is 1. The summed E-state index contributed by atoms with van der Waals surface area (Å²) >= 11 is 1.49. The lowest BCUT2D eigenvalue weighted by Gasteiger charge is -2.12. The number of hydrogen-bond acceptors (Lipinski definition) is 6. The van der Waals surface area contributed by atoms with Crippen molar-refractivity contribution in [2.45, 2.75) is 12.7 Å². The average molecular weight is 318 g/mol. The number of alkyl halides is 3.